The number of hydrogen-bond donors (Lipinski definition) is 6. The topological polar surface area (TPSA) is 353 Å². The molecule has 0 unspecified atom stereocenters. The standard InChI is InChI=1S/C30H31BN6O4.C27H21N7O2S.C24H19ClN6O2/c1-18(34-27(38)24-25(32)35-36-16-10-15-33-26(24)36)22-17-19-11-9-14-21(31-40-29(2,3)30(4,5)41-31)23(19)28(39)37(22)20-12-7-6-8-13-20;1-16(31-26(35)23-24(28)32-33-12-6-11-30-25(23)33)20-13-17-7-5-10-19(21-14-29-15-37-21)22(17)27(36)34(20)18-8-3-2-4-9-18;1-14(28-23(32)20-21(26)29-30-12-6-11-27-22(20)30)18-13-15-7-5-10-17(25)19(15)24(33)31(18)16-8-3-2-4-9-16/h6-18H,1-5H3,(H2,32,35)(H,34,38);2-16H,1H3,(H2,28,32)(H,31,35);2-14H,1H3,(H2,26,29)(H,28,32)/t18-;16-;14-/m000/s1. The van der Waals surface area contributed by atoms with Crippen molar-refractivity contribution >= 4 is 120 Å². The van der Waals surface area contributed by atoms with E-state index >= 15 is 0 Å². The van der Waals surface area contributed by atoms with Gasteiger partial charge in [0.15, 0.2) is 34.4 Å². The number of rotatable bonds is 14. The molecule has 30 heteroatoms. The molecule has 0 radical (unpaired) electrons. The lowest BCUT2D eigenvalue weighted by atomic mass is 9.76. The number of fused-ring (bicyclic) bond motifs is 6. The minimum atomic E-state index is -0.713. The summed E-state index contributed by atoms with van der Waals surface area (Å²) in [6, 6.07) is 53.8. The molecule has 10 aromatic heterocycles. The van der Waals surface area contributed by atoms with Gasteiger partial charge >= 0.3 is 7.12 Å². The fourth-order valence-electron chi connectivity index (χ4n) is 13.7. The van der Waals surface area contributed by atoms with Gasteiger partial charge in [-0.25, -0.2) is 28.5 Å². The van der Waals surface area contributed by atoms with Crippen molar-refractivity contribution < 1.29 is 23.7 Å². The van der Waals surface area contributed by atoms with Crippen molar-refractivity contribution in [3.05, 3.63) is 301 Å². The van der Waals surface area contributed by atoms with Crippen LogP contribution in [0.1, 0.15) is 115 Å². The third-order valence-electron chi connectivity index (χ3n) is 19.8. The van der Waals surface area contributed by atoms with Crippen molar-refractivity contribution in [2.45, 2.75) is 77.8 Å². The summed E-state index contributed by atoms with van der Waals surface area (Å²) in [5.74, 6) is -1.09. The van der Waals surface area contributed by atoms with Gasteiger partial charge in [-0.3, -0.25) is 47.5 Å². The van der Waals surface area contributed by atoms with E-state index in [-0.39, 0.29) is 50.8 Å². The molecule has 17 rings (SSSR count). The first kappa shape index (κ1) is 73.1. The zero-order chi connectivity index (χ0) is 77.7. The van der Waals surface area contributed by atoms with Crippen molar-refractivity contribution in [3.8, 4) is 27.5 Å². The number of carbonyl (C=O) groups excluding carboxylic acids is 3. The van der Waals surface area contributed by atoms with Crippen LogP contribution in [0.3, 0.4) is 0 Å². The SMILES string of the molecule is C[C@H](NC(=O)c1c(N)nn2cccnc12)c1cc2cccc(-c3cncs3)c2c(=O)n1-c1ccccc1.C[C@H](NC(=O)c1c(N)nn2cccnc12)c1cc2cccc(B3OC(C)(C)C(C)(C)O3)c2c(=O)n1-c1ccccc1.C[C@H](NC(=O)c1c(N)nn2cccnc12)c1cc2cccc(Cl)c2c(=O)n1-c1ccccc1. The summed E-state index contributed by atoms with van der Waals surface area (Å²) in [5.41, 5.74) is 25.0. The number of nitrogens with two attached hydrogens (primary N) is 3. The number of pyridine rings is 3. The van der Waals surface area contributed by atoms with Crippen LogP contribution in [-0.2, 0) is 9.31 Å². The van der Waals surface area contributed by atoms with Crippen LogP contribution < -0.4 is 55.3 Å². The Morgan fingerprint density at radius 2 is 0.829 bits per heavy atom. The second-order valence-corrected chi connectivity index (χ2v) is 28.7. The molecule has 27 nitrogen and oxygen atoms in total. The molecule has 1 aliphatic rings. The molecule has 9 N–H and O–H groups in total. The van der Waals surface area contributed by atoms with Crippen LogP contribution >= 0.6 is 22.9 Å². The minimum absolute atomic E-state index is 0.0689. The predicted octanol–water partition coefficient (Wildman–Crippen LogP) is 11.4. The first-order valence-electron chi connectivity index (χ1n) is 35.3. The molecular weight excluding hydrogens is 1450 g/mol. The molecule has 3 amide bonds. The molecule has 3 atom stereocenters. The fourth-order valence-corrected chi connectivity index (χ4v) is 14.6. The molecule has 0 aliphatic carbocycles. The van der Waals surface area contributed by atoms with E-state index in [1.54, 1.807) is 99.8 Å². The lowest BCUT2D eigenvalue weighted by Crippen LogP contribution is -2.41. The van der Waals surface area contributed by atoms with Gasteiger partial charge in [0.05, 0.1) is 55.5 Å². The lowest BCUT2D eigenvalue weighted by Gasteiger charge is -2.32. The molecule has 1 fully saturated rings. The zero-order valence-electron chi connectivity index (χ0n) is 60.8. The van der Waals surface area contributed by atoms with E-state index in [0.29, 0.717) is 88.5 Å². The van der Waals surface area contributed by atoms with E-state index in [0.717, 1.165) is 15.8 Å². The van der Waals surface area contributed by atoms with E-state index in [2.05, 4.69) is 51.2 Å². The zero-order valence-corrected chi connectivity index (χ0v) is 62.4. The molecule has 6 aromatic carbocycles. The van der Waals surface area contributed by atoms with Crippen LogP contribution in [0.25, 0.3) is 76.8 Å². The molecular formula is C81H71BClN19O8S. The summed E-state index contributed by atoms with van der Waals surface area (Å²) in [4.78, 5) is 99.9. The third-order valence-corrected chi connectivity index (χ3v) is 20.9. The van der Waals surface area contributed by atoms with Crippen LogP contribution in [-0.4, -0.2) is 98.5 Å². The van der Waals surface area contributed by atoms with Gasteiger partial charge in [0.1, 0.15) is 16.7 Å². The Balaban J connectivity index is 0.000000133. The Hall–Kier alpha value is -13.5. The number of thiazole rings is 1. The normalized spacial score (nSPS) is 13.9. The van der Waals surface area contributed by atoms with Crippen molar-refractivity contribution in [3.63, 3.8) is 0 Å². The van der Waals surface area contributed by atoms with Crippen LogP contribution in [0.2, 0.25) is 5.02 Å². The van der Waals surface area contributed by atoms with Crippen molar-refractivity contribution in [2.24, 2.45) is 0 Å². The van der Waals surface area contributed by atoms with Gasteiger partial charge < -0.3 is 42.5 Å². The van der Waals surface area contributed by atoms with E-state index in [1.807, 2.05) is 193 Å². The summed E-state index contributed by atoms with van der Waals surface area (Å²) < 4.78 is 21.9. The Morgan fingerprint density at radius 1 is 0.468 bits per heavy atom. The quantitative estimate of drug-likeness (QED) is 0.0551. The highest BCUT2D eigenvalue weighted by Gasteiger charge is 2.52. The van der Waals surface area contributed by atoms with Gasteiger partial charge in [-0.2, -0.15) is 0 Å². The smallest absolute Gasteiger partial charge is 0.399 e. The second-order valence-electron chi connectivity index (χ2n) is 27.4. The van der Waals surface area contributed by atoms with Gasteiger partial charge in [-0.1, -0.05) is 115 Å². The van der Waals surface area contributed by atoms with Gasteiger partial charge in [-0.05, 0) is 149 Å². The van der Waals surface area contributed by atoms with Crippen molar-refractivity contribution in [2.75, 3.05) is 17.2 Å². The van der Waals surface area contributed by atoms with Crippen LogP contribution in [0.5, 0.6) is 0 Å². The van der Waals surface area contributed by atoms with Crippen molar-refractivity contribution in [1.82, 2.24) is 78.4 Å². The maximum absolute atomic E-state index is 14.4. The highest BCUT2D eigenvalue weighted by atomic mass is 35.5. The summed E-state index contributed by atoms with van der Waals surface area (Å²) in [5, 5.41) is 25.5. The van der Waals surface area contributed by atoms with E-state index in [9.17, 15) is 28.8 Å². The molecule has 1 saturated heterocycles. The Bertz CT molecular complexity index is 6490. The number of nitrogens with zero attached hydrogens (tertiary/aromatic N) is 13. The number of nitrogen functional groups attached to an aromatic ring is 3. The fraction of sp³-hybridized carbons (Fsp3) is 0.148. The molecule has 0 spiro atoms. The number of carbonyl (C=O) groups is 3. The maximum Gasteiger partial charge on any atom is 0.495 e. The molecule has 111 heavy (non-hydrogen) atoms. The number of amides is 3. The van der Waals surface area contributed by atoms with E-state index in [4.69, 9.17) is 38.1 Å². The lowest BCUT2D eigenvalue weighted by molar-refractivity contribution is 0.00578. The highest BCUT2D eigenvalue weighted by Crippen LogP contribution is 2.38. The number of para-hydroxylation sites is 3. The average Bonchev–Trinajstić information content (AvgIpc) is 1.44. The molecule has 0 bridgehead atoms. The van der Waals surface area contributed by atoms with Crippen LogP contribution in [0, 0.1) is 0 Å². The summed E-state index contributed by atoms with van der Waals surface area (Å²) in [6.45, 7) is 13.4. The number of halogens is 1. The molecule has 0 saturated carbocycles. The summed E-state index contributed by atoms with van der Waals surface area (Å²) in [6.07, 6.45) is 11.5. The number of nitrogens with one attached hydrogen (secondary N) is 3. The Kier molecular flexibility index (Phi) is 19.5. The minimum Gasteiger partial charge on any atom is -0.399 e. The van der Waals surface area contributed by atoms with Gasteiger partial charge in [0.2, 0.25) is 0 Å². The monoisotopic (exact) mass is 1520 g/mol. The van der Waals surface area contributed by atoms with E-state index in [1.165, 1.54) is 24.9 Å². The Morgan fingerprint density at radius 3 is 1.23 bits per heavy atom. The van der Waals surface area contributed by atoms with Gasteiger partial charge in [-0.15, -0.1) is 26.6 Å². The maximum atomic E-state index is 14.4. The number of benzene rings is 6. The Labute approximate surface area is 641 Å². The van der Waals surface area contributed by atoms with E-state index < -0.39 is 54.2 Å². The summed E-state index contributed by atoms with van der Waals surface area (Å²) >= 11 is 7.84. The third kappa shape index (κ3) is 13.6. The number of hydrogen-bond acceptors (Lipinski definition) is 19. The van der Waals surface area contributed by atoms with Crippen molar-refractivity contribution in [1.29, 1.82) is 0 Å². The second kappa shape index (κ2) is 29.6. The highest BCUT2D eigenvalue weighted by molar-refractivity contribution is 7.13. The predicted molar refractivity (Wildman–Crippen MR) is 430 cm³/mol. The van der Waals surface area contributed by atoms with Crippen LogP contribution in [0.4, 0.5) is 17.5 Å². The first-order chi connectivity index (χ1) is 53.5. The largest absolute Gasteiger partial charge is 0.495 e. The number of anilines is 3. The molecule has 11 heterocycles. The number of aromatic nitrogens is 13. The summed E-state index contributed by atoms with van der Waals surface area (Å²) in [7, 11) is -0.713. The molecule has 16 aromatic rings. The molecule has 1 aliphatic heterocycles. The average molecular weight is 1520 g/mol. The molecule has 554 valence electrons. The first-order valence-corrected chi connectivity index (χ1v) is 36.5. The van der Waals surface area contributed by atoms with Gasteiger partial charge in [0.25, 0.3) is 34.4 Å². The van der Waals surface area contributed by atoms with Crippen LogP contribution in [0.15, 0.2) is 245 Å². The van der Waals surface area contributed by atoms with Gasteiger partial charge in [0, 0.05) is 88.5 Å².